The second-order valence-electron chi connectivity index (χ2n) is 6.81. The molecule has 1 saturated heterocycles. The summed E-state index contributed by atoms with van der Waals surface area (Å²) in [5, 5.41) is 2.88. The average Bonchev–Trinajstić information content (AvgIpc) is 2.76. The van der Waals surface area contributed by atoms with Gasteiger partial charge in [-0.05, 0) is 37.0 Å². The largest absolute Gasteiger partial charge is 0.352 e. The Morgan fingerprint density at radius 2 is 1.83 bits per heavy atom. The van der Waals surface area contributed by atoms with E-state index < -0.39 is 25.1 Å². The predicted molar refractivity (Wildman–Crippen MR) is 90.3 cm³/mol. The van der Waals surface area contributed by atoms with E-state index in [-0.39, 0.29) is 28.4 Å². The van der Waals surface area contributed by atoms with Crippen LogP contribution in [0.25, 0.3) is 0 Å². The number of benzene rings is 1. The van der Waals surface area contributed by atoms with E-state index in [0.717, 1.165) is 18.2 Å². The van der Waals surface area contributed by atoms with E-state index in [0.29, 0.717) is 19.3 Å². The summed E-state index contributed by atoms with van der Waals surface area (Å²) >= 11 is 0. The first-order chi connectivity index (χ1) is 11.1. The molecular weight excluding hydrogens is 350 g/mol. The number of nitrogens with one attached hydrogen (secondary N) is 1. The van der Waals surface area contributed by atoms with Crippen LogP contribution >= 0.6 is 0 Å². The number of carbonyl (C=O) groups excluding carboxylic acids is 1. The molecule has 0 bridgehead atoms. The summed E-state index contributed by atoms with van der Waals surface area (Å²) in [7, 11) is -6.32. The van der Waals surface area contributed by atoms with Crippen LogP contribution in [-0.4, -0.2) is 46.5 Å². The molecule has 1 aromatic carbocycles. The molecule has 2 aliphatic rings. The molecule has 2 fully saturated rings. The lowest BCUT2D eigenvalue weighted by atomic mass is 9.63. The molecule has 0 unspecified atom stereocenters. The highest BCUT2D eigenvalue weighted by Gasteiger charge is 2.46. The third-order valence-electron chi connectivity index (χ3n) is 5.04. The molecule has 0 aromatic heterocycles. The van der Waals surface area contributed by atoms with Crippen LogP contribution in [0.2, 0.25) is 0 Å². The van der Waals surface area contributed by atoms with Crippen molar-refractivity contribution in [3.63, 3.8) is 0 Å². The first-order valence-corrected chi connectivity index (χ1v) is 11.7. The zero-order chi connectivity index (χ0) is 17.6. The highest BCUT2D eigenvalue weighted by Crippen LogP contribution is 2.44. The van der Waals surface area contributed by atoms with Crippen molar-refractivity contribution in [1.82, 2.24) is 5.32 Å². The van der Waals surface area contributed by atoms with E-state index in [2.05, 4.69) is 5.32 Å². The Bertz CT molecular complexity index is 852. The second-order valence-corrected chi connectivity index (χ2v) is 11.1. The summed E-state index contributed by atoms with van der Waals surface area (Å²) in [6.07, 6.45) is 3.91. The number of carbonyl (C=O) groups is 1. The number of rotatable bonds is 4. The van der Waals surface area contributed by atoms with E-state index in [9.17, 15) is 21.6 Å². The molecule has 3 rings (SSSR count). The van der Waals surface area contributed by atoms with Crippen molar-refractivity contribution in [3.05, 3.63) is 29.8 Å². The van der Waals surface area contributed by atoms with Crippen molar-refractivity contribution in [2.45, 2.75) is 42.0 Å². The lowest BCUT2D eigenvalue weighted by Crippen LogP contribution is -2.52. The zero-order valence-corrected chi connectivity index (χ0v) is 15.1. The number of hydrogen-bond acceptors (Lipinski definition) is 5. The fourth-order valence-corrected chi connectivity index (χ4v) is 5.73. The predicted octanol–water partition coefficient (Wildman–Crippen LogP) is 0.815. The van der Waals surface area contributed by atoms with E-state index in [1.165, 1.54) is 12.1 Å². The summed E-state index contributed by atoms with van der Waals surface area (Å²) in [4.78, 5) is 13.0. The average molecular weight is 371 g/mol. The summed E-state index contributed by atoms with van der Waals surface area (Å²) < 4.78 is 46.2. The molecule has 1 aliphatic heterocycles. The minimum absolute atomic E-state index is 0.00182. The SMILES string of the molecule is CS(=O)(=O)c1ccc(C2(C(=O)N[C@H]3CCS(=O)(=O)C3)CCC2)cc1. The fourth-order valence-electron chi connectivity index (χ4n) is 3.43. The molecule has 1 aliphatic carbocycles. The van der Waals surface area contributed by atoms with Gasteiger partial charge in [-0.25, -0.2) is 16.8 Å². The summed E-state index contributed by atoms with van der Waals surface area (Å²) in [6, 6.07) is 6.12. The molecule has 1 atom stereocenters. The summed E-state index contributed by atoms with van der Waals surface area (Å²) in [6.45, 7) is 0. The fraction of sp³-hybridized carbons (Fsp3) is 0.562. The Morgan fingerprint density at radius 3 is 2.25 bits per heavy atom. The lowest BCUT2D eigenvalue weighted by Gasteiger charge is -2.41. The molecular formula is C16H21NO5S2. The monoisotopic (exact) mass is 371 g/mol. The van der Waals surface area contributed by atoms with Gasteiger partial charge >= 0.3 is 0 Å². The minimum atomic E-state index is -3.27. The highest BCUT2D eigenvalue weighted by atomic mass is 32.2. The summed E-state index contributed by atoms with van der Waals surface area (Å²) in [5.74, 6) is -0.0292. The molecule has 132 valence electrons. The number of amides is 1. The third kappa shape index (κ3) is 3.21. The van der Waals surface area contributed by atoms with Crippen LogP contribution in [0.1, 0.15) is 31.2 Å². The maximum Gasteiger partial charge on any atom is 0.230 e. The van der Waals surface area contributed by atoms with Gasteiger partial charge in [-0.3, -0.25) is 4.79 Å². The van der Waals surface area contributed by atoms with Crippen LogP contribution in [0.3, 0.4) is 0 Å². The minimum Gasteiger partial charge on any atom is -0.352 e. The van der Waals surface area contributed by atoms with Gasteiger partial charge in [0, 0.05) is 12.3 Å². The molecule has 0 radical (unpaired) electrons. The summed E-state index contributed by atoms with van der Waals surface area (Å²) in [5.41, 5.74) is 0.127. The maximum absolute atomic E-state index is 12.8. The van der Waals surface area contributed by atoms with Gasteiger partial charge in [0.2, 0.25) is 5.91 Å². The Kier molecular flexibility index (Phi) is 4.24. The van der Waals surface area contributed by atoms with Crippen LogP contribution in [0.15, 0.2) is 29.2 Å². The second kappa shape index (κ2) is 5.84. The zero-order valence-electron chi connectivity index (χ0n) is 13.5. The van der Waals surface area contributed by atoms with Crippen LogP contribution in [0.5, 0.6) is 0 Å². The van der Waals surface area contributed by atoms with Gasteiger partial charge in [-0.15, -0.1) is 0 Å². The van der Waals surface area contributed by atoms with E-state index in [1.807, 2.05) is 0 Å². The normalized spacial score (nSPS) is 25.0. The first kappa shape index (κ1) is 17.4. The van der Waals surface area contributed by atoms with Crippen molar-refractivity contribution in [2.24, 2.45) is 0 Å². The quantitative estimate of drug-likeness (QED) is 0.845. The van der Waals surface area contributed by atoms with Gasteiger partial charge < -0.3 is 5.32 Å². The molecule has 0 spiro atoms. The molecule has 24 heavy (non-hydrogen) atoms. The van der Waals surface area contributed by atoms with Crippen molar-refractivity contribution < 1.29 is 21.6 Å². The smallest absolute Gasteiger partial charge is 0.230 e. The van der Waals surface area contributed by atoms with Crippen LogP contribution in [-0.2, 0) is 29.9 Å². The first-order valence-electron chi connectivity index (χ1n) is 7.94. The van der Waals surface area contributed by atoms with Gasteiger partial charge in [-0.2, -0.15) is 0 Å². The van der Waals surface area contributed by atoms with E-state index >= 15 is 0 Å². The lowest BCUT2D eigenvalue weighted by molar-refractivity contribution is -0.130. The molecule has 6 nitrogen and oxygen atoms in total. The Labute approximate surface area is 142 Å². The molecule has 1 aromatic rings. The van der Waals surface area contributed by atoms with Gasteiger partial charge in [0.1, 0.15) is 0 Å². The maximum atomic E-state index is 12.8. The van der Waals surface area contributed by atoms with Crippen LogP contribution < -0.4 is 5.32 Å². The highest BCUT2D eigenvalue weighted by molar-refractivity contribution is 7.91. The topological polar surface area (TPSA) is 97.4 Å². The number of sulfone groups is 2. The number of hydrogen-bond donors (Lipinski definition) is 1. The van der Waals surface area contributed by atoms with Crippen molar-refractivity contribution >= 4 is 25.6 Å². The third-order valence-corrected chi connectivity index (χ3v) is 7.94. The van der Waals surface area contributed by atoms with E-state index in [1.54, 1.807) is 12.1 Å². The Morgan fingerprint density at radius 1 is 1.21 bits per heavy atom. The molecule has 8 heteroatoms. The molecule has 1 heterocycles. The van der Waals surface area contributed by atoms with Gasteiger partial charge in [0.05, 0.1) is 21.8 Å². The van der Waals surface area contributed by atoms with Crippen molar-refractivity contribution in [1.29, 1.82) is 0 Å². The standard InChI is InChI=1S/C16H21NO5S2/c1-23(19,20)14-5-3-12(4-6-14)16(8-2-9-16)15(18)17-13-7-10-24(21,22)11-13/h3-6,13H,2,7-11H2,1H3,(H,17,18)/t13-/m0/s1. The van der Waals surface area contributed by atoms with Crippen LogP contribution in [0, 0.1) is 0 Å². The van der Waals surface area contributed by atoms with Gasteiger partial charge in [-0.1, -0.05) is 18.6 Å². The van der Waals surface area contributed by atoms with E-state index in [4.69, 9.17) is 0 Å². The Hall–Kier alpha value is -1.41. The van der Waals surface area contributed by atoms with Crippen molar-refractivity contribution in [3.8, 4) is 0 Å². The molecule has 1 amide bonds. The van der Waals surface area contributed by atoms with Crippen LogP contribution in [0.4, 0.5) is 0 Å². The molecule has 1 N–H and O–H groups in total. The Balaban J connectivity index is 1.80. The van der Waals surface area contributed by atoms with Gasteiger partial charge in [0.15, 0.2) is 19.7 Å². The van der Waals surface area contributed by atoms with Gasteiger partial charge in [0.25, 0.3) is 0 Å². The van der Waals surface area contributed by atoms with Crippen molar-refractivity contribution in [2.75, 3.05) is 17.8 Å². The molecule has 1 saturated carbocycles.